The van der Waals surface area contributed by atoms with E-state index in [2.05, 4.69) is 18.2 Å². The van der Waals surface area contributed by atoms with E-state index in [0.29, 0.717) is 24.7 Å². The van der Waals surface area contributed by atoms with Crippen molar-refractivity contribution < 1.29 is 18.9 Å². The van der Waals surface area contributed by atoms with Crippen LogP contribution in [-0.2, 0) is 22.7 Å². The second-order valence-corrected chi connectivity index (χ2v) is 6.45. The Bertz CT molecular complexity index is 968. The summed E-state index contributed by atoms with van der Waals surface area (Å²) in [6, 6.07) is 15.3. The molecule has 0 N–H and O–H groups in total. The number of benzene rings is 2. The number of methoxy groups -OCH3 is 2. The molecule has 5 nitrogen and oxygen atoms in total. The number of aliphatic imine (C=N–C) groups is 1. The van der Waals surface area contributed by atoms with Crippen LogP contribution in [0.25, 0.3) is 0 Å². The van der Waals surface area contributed by atoms with Crippen LogP contribution in [0.5, 0.6) is 11.5 Å². The Morgan fingerprint density at radius 2 is 1.28 bits per heavy atom. The third kappa shape index (κ3) is 8.40. The van der Waals surface area contributed by atoms with Crippen LogP contribution in [0.1, 0.15) is 11.1 Å². The predicted octanol–water partition coefficient (Wildman–Crippen LogP) is 6.16. The van der Waals surface area contributed by atoms with Gasteiger partial charge in [0.1, 0.15) is 24.7 Å². The van der Waals surface area contributed by atoms with Crippen LogP contribution < -0.4 is 9.47 Å². The summed E-state index contributed by atoms with van der Waals surface area (Å²) in [4.78, 5) is 4.29. The summed E-state index contributed by atoms with van der Waals surface area (Å²) in [6.07, 6.45) is 12.0. The summed E-state index contributed by atoms with van der Waals surface area (Å²) >= 11 is 0. The lowest BCUT2D eigenvalue weighted by Crippen LogP contribution is -2.02. The van der Waals surface area contributed by atoms with Crippen molar-refractivity contribution in [3.63, 3.8) is 0 Å². The zero-order valence-corrected chi connectivity index (χ0v) is 18.6. The molecule has 0 radical (unpaired) electrons. The highest BCUT2D eigenvalue weighted by Crippen LogP contribution is 2.17. The van der Waals surface area contributed by atoms with Crippen molar-refractivity contribution in [2.75, 3.05) is 14.2 Å². The van der Waals surface area contributed by atoms with Crippen molar-refractivity contribution in [1.29, 1.82) is 0 Å². The first-order valence-electron chi connectivity index (χ1n) is 10.1. The van der Waals surface area contributed by atoms with Crippen molar-refractivity contribution in [3.05, 3.63) is 121 Å². The minimum absolute atomic E-state index is 0.342. The third-order valence-corrected chi connectivity index (χ3v) is 4.26. The first kappa shape index (κ1) is 24.3. The van der Waals surface area contributed by atoms with Crippen LogP contribution in [0.15, 0.2) is 115 Å². The van der Waals surface area contributed by atoms with Crippen molar-refractivity contribution in [2.24, 2.45) is 4.99 Å². The van der Waals surface area contributed by atoms with Crippen LogP contribution in [0, 0.1) is 0 Å². The molecule has 0 spiro atoms. The van der Waals surface area contributed by atoms with Gasteiger partial charge in [0.25, 0.3) is 0 Å². The molecule has 0 fully saturated rings. The molecule has 2 aromatic carbocycles. The monoisotopic (exact) mass is 431 g/mol. The van der Waals surface area contributed by atoms with E-state index in [-0.39, 0.29) is 0 Å². The Kier molecular flexibility index (Phi) is 10.7. The lowest BCUT2D eigenvalue weighted by molar-refractivity contribution is 0.161. The Hall–Kier alpha value is -3.99. The highest BCUT2D eigenvalue weighted by Gasteiger charge is 2.07. The standard InChI is InChI=1S/C27H29NO4/c1-5-7-8-9-18-28-19-27(32-21-23-12-16-25(30-4)17-13-23)26(6-2)31-20-22-10-14-24(29-3)15-11-22/h5-19H,1-2,20-21H2,3-4H3/b8-7-,18-9-,27-26-,28-19+. The fourth-order valence-corrected chi connectivity index (χ4v) is 2.52. The third-order valence-electron chi connectivity index (χ3n) is 4.26. The molecule has 2 aromatic rings. The molecule has 0 bridgehead atoms. The fraction of sp³-hybridized carbons (Fsp3) is 0.148. The highest BCUT2D eigenvalue weighted by atomic mass is 16.5. The summed E-state index contributed by atoms with van der Waals surface area (Å²) in [5.74, 6) is 2.55. The van der Waals surface area contributed by atoms with E-state index in [1.807, 2.05) is 60.7 Å². The van der Waals surface area contributed by atoms with Crippen LogP contribution in [0.3, 0.4) is 0 Å². The largest absolute Gasteiger partial charge is 0.497 e. The number of hydrogen-bond acceptors (Lipinski definition) is 5. The molecule has 0 aliphatic rings. The van der Waals surface area contributed by atoms with Gasteiger partial charge in [0.2, 0.25) is 0 Å². The molecule has 5 heteroatoms. The molecule has 0 atom stereocenters. The van der Waals surface area contributed by atoms with E-state index in [9.17, 15) is 0 Å². The van der Waals surface area contributed by atoms with Crippen LogP contribution in [-0.4, -0.2) is 20.4 Å². The van der Waals surface area contributed by atoms with Crippen molar-refractivity contribution in [3.8, 4) is 11.5 Å². The molecule has 32 heavy (non-hydrogen) atoms. The molecule has 0 amide bonds. The topological polar surface area (TPSA) is 49.3 Å². The highest BCUT2D eigenvalue weighted by molar-refractivity contribution is 5.77. The van der Waals surface area contributed by atoms with Gasteiger partial charge in [0.05, 0.1) is 20.4 Å². The maximum absolute atomic E-state index is 6.01. The smallest absolute Gasteiger partial charge is 0.179 e. The van der Waals surface area contributed by atoms with Gasteiger partial charge in [-0.25, -0.2) is 0 Å². The van der Waals surface area contributed by atoms with Crippen LogP contribution in [0.4, 0.5) is 0 Å². The van der Waals surface area contributed by atoms with E-state index < -0.39 is 0 Å². The lowest BCUT2D eigenvalue weighted by Gasteiger charge is -2.13. The molecule has 0 saturated carbocycles. The first-order chi connectivity index (χ1) is 15.7. The number of ether oxygens (including phenoxy) is 4. The van der Waals surface area contributed by atoms with Crippen molar-refractivity contribution in [2.45, 2.75) is 13.2 Å². The first-order valence-corrected chi connectivity index (χ1v) is 10.1. The summed E-state index contributed by atoms with van der Waals surface area (Å²) in [5.41, 5.74) is 1.98. The molecular formula is C27H29NO4. The molecule has 2 rings (SSSR count). The van der Waals surface area contributed by atoms with E-state index in [0.717, 1.165) is 22.6 Å². The van der Waals surface area contributed by atoms with E-state index in [1.165, 1.54) is 0 Å². The Labute approximate surface area is 190 Å². The normalized spacial score (nSPS) is 12.1. The minimum atomic E-state index is 0.342. The summed E-state index contributed by atoms with van der Waals surface area (Å²) < 4.78 is 22.4. The van der Waals surface area contributed by atoms with Gasteiger partial charge < -0.3 is 18.9 Å². The summed E-state index contributed by atoms with van der Waals surface area (Å²) in [7, 11) is 3.27. The van der Waals surface area contributed by atoms with E-state index in [4.69, 9.17) is 18.9 Å². The van der Waals surface area contributed by atoms with Gasteiger partial charge in [-0.05, 0) is 47.5 Å². The second kappa shape index (κ2) is 14.1. The maximum atomic E-state index is 6.01. The Morgan fingerprint density at radius 1 is 0.750 bits per heavy atom. The van der Waals surface area contributed by atoms with Crippen LogP contribution in [0.2, 0.25) is 0 Å². The van der Waals surface area contributed by atoms with Gasteiger partial charge in [-0.2, -0.15) is 0 Å². The van der Waals surface area contributed by atoms with Crippen molar-refractivity contribution >= 4 is 6.21 Å². The zero-order valence-electron chi connectivity index (χ0n) is 18.6. The summed E-state index contributed by atoms with van der Waals surface area (Å²) in [5, 5.41) is 0. The molecule has 166 valence electrons. The Balaban J connectivity index is 2.16. The van der Waals surface area contributed by atoms with Gasteiger partial charge in [0, 0.05) is 6.20 Å². The second-order valence-electron chi connectivity index (χ2n) is 6.45. The fourth-order valence-electron chi connectivity index (χ4n) is 2.52. The van der Waals surface area contributed by atoms with E-state index >= 15 is 0 Å². The average Bonchev–Trinajstić information content (AvgIpc) is 2.85. The molecule has 0 aliphatic carbocycles. The predicted molar refractivity (Wildman–Crippen MR) is 130 cm³/mol. The molecule has 0 aromatic heterocycles. The number of hydrogen-bond donors (Lipinski definition) is 0. The molecule has 0 unspecified atom stereocenters. The molecule has 0 aliphatic heterocycles. The lowest BCUT2D eigenvalue weighted by atomic mass is 10.2. The maximum Gasteiger partial charge on any atom is 0.179 e. The minimum Gasteiger partial charge on any atom is -0.497 e. The molecular weight excluding hydrogens is 402 g/mol. The zero-order chi connectivity index (χ0) is 23.0. The number of nitrogens with zero attached hydrogens (tertiary/aromatic N) is 1. The average molecular weight is 432 g/mol. The number of allylic oxidation sites excluding steroid dienone is 6. The number of rotatable bonds is 13. The molecule has 0 saturated heterocycles. The van der Waals surface area contributed by atoms with Crippen LogP contribution >= 0.6 is 0 Å². The van der Waals surface area contributed by atoms with Crippen molar-refractivity contribution in [1.82, 2.24) is 0 Å². The molecule has 0 heterocycles. The van der Waals surface area contributed by atoms with Gasteiger partial charge in [-0.3, -0.25) is 4.99 Å². The van der Waals surface area contributed by atoms with Gasteiger partial charge in [-0.15, -0.1) is 0 Å². The Morgan fingerprint density at radius 3 is 1.75 bits per heavy atom. The SMILES string of the molecule is C=C\C=C/C=C\N=C\C(OCc1ccc(OC)cc1)=C(/C=C)OCc1ccc(OC)cc1. The van der Waals surface area contributed by atoms with E-state index in [1.54, 1.807) is 44.9 Å². The van der Waals surface area contributed by atoms with Gasteiger partial charge in [-0.1, -0.05) is 55.7 Å². The van der Waals surface area contributed by atoms with Gasteiger partial charge >= 0.3 is 0 Å². The van der Waals surface area contributed by atoms with Gasteiger partial charge in [0.15, 0.2) is 11.5 Å². The summed E-state index contributed by atoms with van der Waals surface area (Å²) in [6.45, 7) is 8.19. The quantitative estimate of drug-likeness (QED) is 0.216.